The van der Waals surface area contributed by atoms with Gasteiger partial charge in [-0.15, -0.1) is 0 Å². The Balaban J connectivity index is 2.21. The van der Waals surface area contributed by atoms with Crippen molar-refractivity contribution in [2.45, 2.75) is 6.10 Å². The van der Waals surface area contributed by atoms with Gasteiger partial charge in [-0.2, -0.15) is 0 Å². The minimum Gasteiger partial charge on any atom is -0.472 e. The smallest absolute Gasteiger partial charge is 0.230 e. The van der Waals surface area contributed by atoms with Crippen molar-refractivity contribution in [3.05, 3.63) is 48.3 Å². The van der Waals surface area contributed by atoms with Crippen LogP contribution >= 0.6 is 0 Å². The van der Waals surface area contributed by atoms with Gasteiger partial charge in [-0.25, -0.2) is 0 Å². The van der Waals surface area contributed by atoms with E-state index < -0.39 is 11.9 Å². The molecule has 0 radical (unpaired) electrons. The van der Waals surface area contributed by atoms with Crippen LogP contribution in [0.4, 0.5) is 0 Å². The van der Waals surface area contributed by atoms with E-state index in [2.05, 4.69) is 0 Å². The van der Waals surface area contributed by atoms with Crippen LogP contribution in [0.5, 0.6) is 0 Å². The number of carbonyl (C=O) groups excluding carboxylic acids is 1. The van der Waals surface area contributed by atoms with Gasteiger partial charge in [0.15, 0.2) is 5.76 Å². The summed E-state index contributed by atoms with van der Waals surface area (Å²) in [4.78, 5) is 11.5. The Morgan fingerprint density at radius 3 is 2.79 bits per heavy atom. The van der Waals surface area contributed by atoms with Crippen molar-refractivity contribution in [3.8, 4) is 0 Å². The molecule has 0 bridgehead atoms. The van der Waals surface area contributed by atoms with Crippen molar-refractivity contribution in [2.75, 3.05) is 0 Å². The molecule has 2 heterocycles. The molecule has 0 saturated carbocycles. The van der Waals surface area contributed by atoms with E-state index in [1.54, 1.807) is 6.07 Å². The number of ketones is 1. The molecule has 2 aromatic heterocycles. The van der Waals surface area contributed by atoms with Gasteiger partial charge in [-0.3, -0.25) is 4.79 Å². The Labute approximate surface area is 79.8 Å². The maximum Gasteiger partial charge on any atom is 0.230 e. The molecule has 0 saturated heterocycles. The summed E-state index contributed by atoms with van der Waals surface area (Å²) < 4.78 is 9.63. The maximum atomic E-state index is 11.5. The molecular weight excluding hydrogens is 184 g/mol. The Morgan fingerprint density at radius 2 is 2.21 bits per heavy atom. The Kier molecular flexibility index (Phi) is 2.20. The van der Waals surface area contributed by atoms with Crippen molar-refractivity contribution in [1.29, 1.82) is 0 Å². The first-order chi connectivity index (χ1) is 6.79. The maximum absolute atomic E-state index is 11.5. The first-order valence-corrected chi connectivity index (χ1v) is 4.07. The van der Waals surface area contributed by atoms with Gasteiger partial charge in [0.2, 0.25) is 5.78 Å². The van der Waals surface area contributed by atoms with Gasteiger partial charge in [0, 0.05) is 5.56 Å². The van der Waals surface area contributed by atoms with E-state index in [1.807, 2.05) is 0 Å². The Hall–Kier alpha value is -1.81. The molecule has 0 fully saturated rings. The molecule has 0 aliphatic heterocycles. The topological polar surface area (TPSA) is 63.6 Å². The van der Waals surface area contributed by atoms with E-state index in [0.29, 0.717) is 5.56 Å². The molecule has 0 aliphatic rings. The van der Waals surface area contributed by atoms with Crippen LogP contribution < -0.4 is 0 Å². The molecule has 0 unspecified atom stereocenters. The second-order valence-electron chi connectivity index (χ2n) is 2.80. The monoisotopic (exact) mass is 192 g/mol. The summed E-state index contributed by atoms with van der Waals surface area (Å²) in [5.74, 6) is -0.338. The summed E-state index contributed by atoms with van der Waals surface area (Å²) >= 11 is 0. The molecule has 1 N–H and O–H groups in total. The van der Waals surface area contributed by atoms with E-state index in [0.717, 1.165) is 0 Å². The number of carbonyl (C=O) groups is 1. The number of aliphatic hydroxyl groups is 1. The number of hydrogen-bond donors (Lipinski definition) is 1. The lowest BCUT2D eigenvalue weighted by Gasteiger charge is -2.03. The van der Waals surface area contributed by atoms with Gasteiger partial charge in [0.05, 0.1) is 18.8 Å². The fourth-order valence-corrected chi connectivity index (χ4v) is 1.14. The predicted molar refractivity (Wildman–Crippen MR) is 46.7 cm³/mol. The zero-order chi connectivity index (χ0) is 9.97. The summed E-state index contributed by atoms with van der Waals surface area (Å²) in [5.41, 5.74) is 0.423. The largest absolute Gasteiger partial charge is 0.472 e. The van der Waals surface area contributed by atoms with Crippen molar-refractivity contribution in [1.82, 2.24) is 0 Å². The summed E-state index contributed by atoms with van der Waals surface area (Å²) in [5, 5.41) is 9.58. The molecule has 2 aromatic rings. The van der Waals surface area contributed by atoms with Crippen molar-refractivity contribution < 1.29 is 18.7 Å². The molecule has 0 spiro atoms. The van der Waals surface area contributed by atoms with Crippen LogP contribution in [0.2, 0.25) is 0 Å². The average molecular weight is 192 g/mol. The fourth-order valence-electron chi connectivity index (χ4n) is 1.14. The zero-order valence-corrected chi connectivity index (χ0v) is 7.21. The lowest BCUT2D eigenvalue weighted by molar-refractivity contribution is 0.0716. The van der Waals surface area contributed by atoms with E-state index in [-0.39, 0.29) is 5.76 Å². The average Bonchev–Trinajstić information content (AvgIpc) is 2.87. The van der Waals surface area contributed by atoms with Gasteiger partial charge >= 0.3 is 0 Å². The standard InChI is InChI=1S/C10H8O4/c11-9(7-3-5-13-6-7)10(12)8-2-1-4-14-8/h1-6,9,11H/t9-/m1/s1. The van der Waals surface area contributed by atoms with E-state index in [4.69, 9.17) is 8.83 Å². The number of aliphatic hydroxyl groups excluding tert-OH is 1. The van der Waals surface area contributed by atoms with Gasteiger partial charge in [-0.05, 0) is 18.2 Å². The molecule has 1 atom stereocenters. The van der Waals surface area contributed by atoms with Gasteiger partial charge < -0.3 is 13.9 Å². The van der Waals surface area contributed by atoms with Crippen LogP contribution in [0.25, 0.3) is 0 Å². The first kappa shape index (κ1) is 8.77. The molecular formula is C10H8O4. The summed E-state index contributed by atoms with van der Waals surface area (Å²) in [7, 11) is 0. The summed E-state index contributed by atoms with van der Waals surface area (Å²) in [6.45, 7) is 0. The van der Waals surface area contributed by atoms with Crippen LogP contribution in [-0.2, 0) is 0 Å². The highest BCUT2D eigenvalue weighted by Gasteiger charge is 2.21. The second-order valence-corrected chi connectivity index (χ2v) is 2.80. The molecule has 4 nitrogen and oxygen atoms in total. The third kappa shape index (κ3) is 1.47. The highest BCUT2D eigenvalue weighted by atomic mass is 16.3. The first-order valence-electron chi connectivity index (χ1n) is 4.07. The molecule has 4 heteroatoms. The van der Waals surface area contributed by atoms with E-state index in [1.165, 1.54) is 30.9 Å². The van der Waals surface area contributed by atoms with Crippen LogP contribution in [0, 0.1) is 0 Å². The predicted octanol–water partition coefficient (Wildman–Crippen LogP) is 1.79. The van der Waals surface area contributed by atoms with Gasteiger partial charge in [0.1, 0.15) is 6.10 Å². The molecule has 0 aliphatic carbocycles. The number of hydrogen-bond acceptors (Lipinski definition) is 4. The van der Waals surface area contributed by atoms with Crippen LogP contribution in [0.15, 0.2) is 45.8 Å². The zero-order valence-electron chi connectivity index (χ0n) is 7.21. The van der Waals surface area contributed by atoms with Gasteiger partial charge in [-0.1, -0.05) is 0 Å². The Bertz CT molecular complexity index is 399. The SMILES string of the molecule is O=C(c1ccco1)[C@H](O)c1ccoc1. The molecule has 72 valence electrons. The highest BCUT2D eigenvalue weighted by molar-refractivity contribution is 5.97. The van der Waals surface area contributed by atoms with Crippen LogP contribution in [0.1, 0.15) is 22.2 Å². The third-order valence-electron chi connectivity index (χ3n) is 1.87. The normalized spacial score (nSPS) is 12.6. The lowest BCUT2D eigenvalue weighted by atomic mass is 10.1. The van der Waals surface area contributed by atoms with Crippen molar-refractivity contribution >= 4 is 5.78 Å². The third-order valence-corrected chi connectivity index (χ3v) is 1.87. The molecule has 14 heavy (non-hydrogen) atoms. The van der Waals surface area contributed by atoms with Crippen molar-refractivity contribution in [2.24, 2.45) is 0 Å². The highest BCUT2D eigenvalue weighted by Crippen LogP contribution is 2.18. The van der Waals surface area contributed by atoms with Crippen LogP contribution in [0.3, 0.4) is 0 Å². The molecule has 2 rings (SSSR count). The molecule has 0 aromatic carbocycles. The summed E-state index contributed by atoms with van der Waals surface area (Å²) in [6, 6.07) is 4.63. The second kappa shape index (κ2) is 3.51. The number of furan rings is 2. The fraction of sp³-hybridized carbons (Fsp3) is 0.100. The Morgan fingerprint density at radius 1 is 1.36 bits per heavy atom. The molecule has 0 amide bonds. The van der Waals surface area contributed by atoms with Crippen molar-refractivity contribution in [3.63, 3.8) is 0 Å². The number of rotatable bonds is 3. The minimum atomic E-state index is -1.22. The summed E-state index contributed by atoms with van der Waals surface area (Å²) in [6.07, 6.45) is 2.88. The van der Waals surface area contributed by atoms with E-state index >= 15 is 0 Å². The quantitative estimate of drug-likeness (QED) is 0.753. The van der Waals surface area contributed by atoms with Crippen LogP contribution in [-0.4, -0.2) is 10.9 Å². The lowest BCUT2D eigenvalue weighted by Crippen LogP contribution is -2.10. The van der Waals surface area contributed by atoms with Gasteiger partial charge in [0.25, 0.3) is 0 Å². The van der Waals surface area contributed by atoms with E-state index in [9.17, 15) is 9.90 Å². The minimum absolute atomic E-state index is 0.138. The number of Topliss-reactive ketones (excluding diaryl/α,β-unsaturated/α-hetero) is 1.